The fourth-order valence-electron chi connectivity index (χ4n) is 2.60. The van der Waals surface area contributed by atoms with Crippen LogP contribution in [0.15, 0.2) is 78.9 Å². The predicted molar refractivity (Wildman–Crippen MR) is 99.2 cm³/mol. The molecule has 0 aliphatic rings. The Labute approximate surface area is 147 Å². The Kier molecular flexibility index (Phi) is 4.97. The van der Waals surface area contributed by atoms with Crippen LogP contribution < -0.4 is 5.32 Å². The number of nitrogens with one attached hydrogen (secondary N) is 1. The van der Waals surface area contributed by atoms with Gasteiger partial charge in [0.1, 0.15) is 0 Å². The highest BCUT2D eigenvalue weighted by atomic mass is 35.5. The van der Waals surface area contributed by atoms with E-state index in [1.807, 2.05) is 43.3 Å². The molecule has 1 N–H and O–H groups in total. The van der Waals surface area contributed by atoms with Crippen molar-refractivity contribution in [1.29, 1.82) is 0 Å². The Morgan fingerprint density at radius 2 is 1.42 bits per heavy atom. The summed E-state index contributed by atoms with van der Waals surface area (Å²) in [5.41, 5.74) is 3.88. The van der Waals surface area contributed by atoms with Gasteiger partial charge in [-0.3, -0.25) is 4.79 Å². The highest BCUT2D eigenvalue weighted by molar-refractivity contribution is 6.33. The zero-order valence-electron chi connectivity index (χ0n) is 13.4. The molecular weight excluding hydrogens is 318 g/mol. The van der Waals surface area contributed by atoms with Crippen molar-refractivity contribution < 1.29 is 4.79 Å². The molecule has 24 heavy (non-hydrogen) atoms. The van der Waals surface area contributed by atoms with Gasteiger partial charge in [-0.15, -0.1) is 0 Å². The molecule has 0 aromatic heterocycles. The van der Waals surface area contributed by atoms with E-state index in [9.17, 15) is 4.79 Å². The molecular formula is C21H18ClNO. The minimum Gasteiger partial charge on any atom is -0.345 e. The standard InChI is InChI=1S/C21H18ClNO/c1-15(23-21(24)19-9-5-6-10-20(19)22)16-11-13-18(14-12-16)17-7-3-2-4-8-17/h2-15H,1H3,(H,23,24)/t15-/m1/s1. The molecule has 3 aromatic carbocycles. The maximum Gasteiger partial charge on any atom is 0.253 e. The first-order valence-corrected chi connectivity index (χ1v) is 8.24. The van der Waals surface area contributed by atoms with E-state index >= 15 is 0 Å². The van der Waals surface area contributed by atoms with Gasteiger partial charge in [0.2, 0.25) is 0 Å². The summed E-state index contributed by atoms with van der Waals surface area (Å²) in [4.78, 5) is 12.3. The summed E-state index contributed by atoms with van der Waals surface area (Å²) < 4.78 is 0. The van der Waals surface area contributed by atoms with Crippen LogP contribution in [0, 0.1) is 0 Å². The van der Waals surface area contributed by atoms with E-state index in [2.05, 4.69) is 29.6 Å². The Bertz CT molecular complexity index is 828. The van der Waals surface area contributed by atoms with Crippen LogP contribution >= 0.6 is 11.6 Å². The van der Waals surface area contributed by atoms with E-state index in [0.717, 1.165) is 11.1 Å². The predicted octanol–water partition coefficient (Wildman–Crippen LogP) is 5.50. The van der Waals surface area contributed by atoms with E-state index in [1.165, 1.54) is 5.56 Å². The lowest BCUT2D eigenvalue weighted by molar-refractivity contribution is 0.0940. The lowest BCUT2D eigenvalue weighted by Gasteiger charge is -2.15. The molecule has 0 unspecified atom stereocenters. The maximum atomic E-state index is 12.3. The average molecular weight is 336 g/mol. The van der Waals surface area contributed by atoms with Gasteiger partial charge in [0.15, 0.2) is 0 Å². The van der Waals surface area contributed by atoms with Gasteiger partial charge in [-0.05, 0) is 35.7 Å². The molecule has 0 spiro atoms. The molecule has 0 saturated heterocycles. The normalized spacial score (nSPS) is 11.8. The van der Waals surface area contributed by atoms with Crippen molar-refractivity contribution in [2.45, 2.75) is 13.0 Å². The third kappa shape index (κ3) is 3.66. The zero-order valence-corrected chi connectivity index (χ0v) is 14.1. The third-order valence-electron chi connectivity index (χ3n) is 3.98. The zero-order chi connectivity index (χ0) is 16.9. The first-order valence-electron chi connectivity index (χ1n) is 7.86. The van der Waals surface area contributed by atoms with Crippen molar-refractivity contribution in [3.63, 3.8) is 0 Å². The van der Waals surface area contributed by atoms with Crippen LogP contribution in [0.5, 0.6) is 0 Å². The van der Waals surface area contributed by atoms with E-state index < -0.39 is 0 Å². The summed E-state index contributed by atoms with van der Waals surface area (Å²) in [5.74, 6) is -0.166. The number of amides is 1. The lowest BCUT2D eigenvalue weighted by atomic mass is 10.0. The first-order chi connectivity index (χ1) is 11.6. The molecule has 3 heteroatoms. The van der Waals surface area contributed by atoms with Gasteiger partial charge in [-0.1, -0.05) is 78.3 Å². The number of carbonyl (C=O) groups is 1. The third-order valence-corrected chi connectivity index (χ3v) is 4.31. The Morgan fingerprint density at radius 1 is 0.833 bits per heavy atom. The van der Waals surface area contributed by atoms with Gasteiger partial charge in [0, 0.05) is 0 Å². The molecule has 0 bridgehead atoms. The fourth-order valence-corrected chi connectivity index (χ4v) is 2.82. The van der Waals surface area contributed by atoms with Gasteiger partial charge in [0.05, 0.1) is 16.6 Å². The van der Waals surface area contributed by atoms with Gasteiger partial charge in [-0.25, -0.2) is 0 Å². The second-order valence-corrected chi connectivity index (χ2v) is 6.07. The highest BCUT2D eigenvalue weighted by Crippen LogP contribution is 2.22. The number of carbonyl (C=O) groups excluding carboxylic acids is 1. The minimum absolute atomic E-state index is 0.0985. The van der Waals surface area contributed by atoms with Gasteiger partial charge < -0.3 is 5.32 Å². The van der Waals surface area contributed by atoms with Crippen LogP contribution in [-0.2, 0) is 0 Å². The monoisotopic (exact) mass is 335 g/mol. The Morgan fingerprint density at radius 3 is 2.08 bits per heavy atom. The number of benzene rings is 3. The first kappa shape index (κ1) is 16.3. The second kappa shape index (κ2) is 7.33. The SMILES string of the molecule is C[C@@H](NC(=O)c1ccccc1Cl)c1ccc(-c2ccccc2)cc1. The van der Waals surface area contributed by atoms with Gasteiger partial charge >= 0.3 is 0 Å². The molecule has 0 heterocycles. The van der Waals surface area contributed by atoms with E-state index in [4.69, 9.17) is 11.6 Å². The van der Waals surface area contributed by atoms with Crippen LogP contribution in [0.2, 0.25) is 5.02 Å². The fraction of sp³-hybridized carbons (Fsp3) is 0.0952. The van der Waals surface area contributed by atoms with Crippen molar-refractivity contribution in [3.05, 3.63) is 95.0 Å². The molecule has 0 saturated carbocycles. The number of hydrogen-bond donors (Lipinski definition) is 1. The second-order valence-electron chi connectivity index (χ2n) is 5.66. The summed E-state index contributed by atoms with van der Waals surface area (Å²) in [6, 6.07) is 25.4. The van der Waals surface area contributed by atoms with Crippen LogP contribution in [0.4, 0.5) is 0 Å². The summed E-state index contributed by atoms with van der Waals surface area (Å²) in [6.07, 6.45) is 0. The molecule has 0 aliphatic heterocycles. The van der Waals surface area contributed by atoms with Gasteiger partial charge in [0.25, 0.3) is 5.91 Å². The summed E-state index contributed by atoms with van der Waals surface area (Å²) in [6.45, 7) is 1.96. The molecule has 0 aliphatic carbocycles. The Hall–Kier alpha value is -2.58. The lowest BCUT2D eigenvalue weighted by Crippen LogP contribution is -2.26. The molecule has 3 aromatic rings. The number of halogens is 1. The molecule has 3 rings (SSSR count). The number of rotatable bonds is 4. The Balaban J connectivity index is 1.73. The minimum atomic E-state index is -0.166. The molecule has 120 valence electrons. The van der Waals surface area contributed by atoms with E-state index in [1.54, 1.807) is 18.2 Å². The molecule has 0 fully saturated rings. The van der Waals surface area contributed by atoms with Crippen molar-refractivity contribution >= 4 is 17.5 Å². The van der Waals surface area contributed by atoms with Crippen molar-refractivity contribution in [1.82, 2.24) is 5.32 Å². The highest BCUT2D eigenvalue weighted by Gasteiger charge is 2.13. The topological polar surface area (TPSA) is 29.1 Å². The summed E-state index contributed by atoms with van der Waals surface area (Å²) in [5, 5.41) is 3.45. The van der Waals surface area contributed by atoms with Crippen LogP contribution in [0.3, 0.4) is 0 Å². The van der Waals surface area contributed by atoms with Crippen LogP contribution in [0.1, 0.15) is 28.9 Å². The van der Waals surface area contributed by atoms with Crippen molar-refractivity contribution in [3.8, 4) is 11.1 Å². The molecule has 1 amide bonds. The number of hydrogen-bond acceptors (Lipinski definition) is 1. The van der Waals surface area contributed by atoms with Crippen LogP contribution in [0.25, 0.3) is 11.1 Å². The smallest absolute Gasteiger partial charge is 0.253 e. The van der Waals surface area contributed by atoms with Crippen molar-refractivity contribution in [2.75, 3.05) is 0 Å². The van der Waals surface area contributed by atoms with Crippen LogP contribution in [-0.4, -0.2) is 5.91 Å². The summed E-state index contributed by atoms with van der Waals surface area (Å²) in [7, 11) is 0. The molecule has 0 radical (unpaired) electrons. The molecule has 2 nitrogen and oxygen atoms in total. The molecule has 1 atom stereocenters. The maximum absolute atomic E-state index is 12.3. The average Bonchev–Trinajstić information content (AvgIpc) is 2.63. The van der Waals surface area contributed by atoms with Gasteiger partial charge in [-0.2, -0.15) is 0 Å². The quantitative estimate of drug-likeness (QED) is 0.670. The van der Waals surface area contributed by atoms with E-state index in [-0.39, 0.29) is 11.9 Å². The van der Waals surface area contributed by atoms with Crippen molar-refractivity contribution in [2.24, 2.45) is 0 Å². The van der Waals surface area contributed by atoms with E-state index in [0.29, 0.717) is 10.6 Å². The largest absolute Gasteiger partial charge is 0.345 e. The summed E-state index contributed by atoms with van der Waals surface area (Å²) >= 11 is 6.08.